The molecule has 0 aliphatic carbocycles. The molecule has 9 heteroatoms. The molecule has 0 radical (unpaired) electrons. The van der Waals surface area contributed by atoms with Crippen LogP contribution in [0, 0.1) is 13.8 Å². The number of hydrogen-bond acceptors (Lipinski definition) is 5. The molecular formula is C24H32N4O4S. The number of benzene rings is 2. The average Bonchev–Trinajstić information content (AvgIpc) is 2.77. The molecule has 0 atom stereocenters. The average molecular weight is 473 g/mol. The molecule has 3 rings (SSSR count). The lowest BCUT2D eigenvalue weighted by molar-refractivity contribution is -0.122. The third-order valence-electron chi connectivity index (χ3n) is 5.62. The van der Waals surface area contributed by atoms with E-state index in [0.717, 1.165) is 17.5 Å². The predicted octanol–water partition coefficient (Wildman–Crippen LogP) is 2.39. The van der Waals surface area contributed by atoms with Crippen LogP contribution >= 0.6 is 0 Å². The van der Waals surface area contributed by atoms with Gasteiger partial charge < -0.3 is 10.2 Å². The largest absolute Gasteiger partial charge is 0.355 e. The van der Waals surface area contributed by atoms with Gasteiger partial charge in [0.1, 0.15) is 0 Å². The monoisotopic (exact) mass is 472 g/mol. The maximum absolute atomic E-state index is 13.2. The van der Waals surface area contributed by atoms with Crippen molar-refractivity contribution in [1.29, 1.82) is 0 Å². The van der Waals surface area contributed by atoms with Gasteiger partial charge in [-0.25, -0.2) is 8.42 Å². The Hall–Kier alpha value is -2.91. The van der Waals surface area contributed by atoms with Crippen LogP contribution in [0.5, 0.6) is 0 Å². The Balaban J connectivity index is 1.68. The summed E-state index contributed by atoms with van der Waals surface area (Å²) in [6.45, 7) is 8.83. The van der Waals surface area contributed by atoms with Crippen molar-refractivity contribution in [3.8, 4) is 0 Å². The summed E-state index contributed by atoms with van der Waals surface area (Å²) in [7, 11) is -3.84. The minimum absolute atomic E-state index is 0.00788. The number of carbonyl (C=O) groups is 2. The maximum atomic E-state index is 13.2. The van der Waals surface area contributed by atoms with Gasteiger partial charge in [-0.2, -0.15) is 0 Å². The zero-order valence-electron chi connectivity index (χ0n) is 19.4. The second-order valence-electron chi connectivity index (χ2n) is 8.37. The van der Waals surface area contributed by atoms with Gasteiger partial charge in [-0.3, -0.25) is 19.2 Å². The predicted molar refractivity (Wildman–Crippen MR) is 129 cm³/mol. The fourth-order valence-electron chi connectivity index (χ4n) is 3.72. The lowest BCUT2D eigenvalue weighted by Crippen LogP contribution is -2.51. The summed E-state index contributed by atoms with van der Waals surface area (Å²) in [6.07, 6.45) is 0.892. The van der Waals surface area contributed by atoms with E-state index in [0.29, 0.717) is 50.5 Å². The highest BCUT2D eigenvalue weighted by Gasteiger charge is 2.25. The van der Waals surface area contributed by atoms with Gasteiger partial charge in [0.25, 0.3) is 15.9 Å². The van der Waals surface area contributed by atoms with E-state index in [4.69, 9.17) is 0 Å². The summed E-state index contributed by atoms with van der Waals surface area (Å²) in [5, 5.41) is 2.86. The van der Waals surface area contributed by atoms with Gasteiger partial charge in [0, 0.05) is 44.0 Å². The van der Waals surface area contributed by atoms with Gasteiger partial charge in [0.2, 0.25) is 5.91 Å². The van der Waals surface area contributed by atoms with Crippen molar-refractivity contribution < 1.29 is 18.0 Å². The number of aryl methyl sites for hydroxylation is 2. The van der Waals surface area contributed by atoms with Crippen LogP contribution in [0.25, 0.3) is 0 Å². The van der Waals surface area contributed by atoms with Crippen LogP contribution in [0.3, 0.4) is 0 Å². The highest BCUT2D eigenvalue weighted by molar-refractivity contribution is 7.92. The van der Waals surface area contributed by atoms with Crippen LogP contribution in [0.15, 0.2) is 47.4 Å². The molecular weight excluding hydrogens is 440 g/mol. The first-order chi connectivity index (χ1) is 15.7. The molecule has 1 aliphatic heterocycles. The molecule has 0 bridgehead atoms. The fourth-order valence-corrected chi connectivity index (χ4v) is 4.80. The van der Waals surface area contributed by atoms with Crippen LogP contribution in [0.1, 0.15) is 34.8 Å². The summed E-state index contributed by atoms with van der Waals surface area (Å²) >= 11 is 0. The molecule has 2 aromatic rings. The molecule has 178 valence electrons. The van der Waals surface area contributed by atoms with E-state index in [1.807, 2.05) is 24.8 Å². The number of nitrogens with one attached hydrogen (secondary N) is 2. The molecule has 0 saturated carbocycles. The van der Waals surface area contributed by atoms with Gasteiger partial charge in [-0.05, 0) is 55.7 Å². The molecule has 1 heterocycles. The Bertz CT molecular complexity index is 1110. The van der Waals surface area contributed by atoms with Gasteiger partial charge >= 0.3 is 0 Å². The Morgan fingerprint density at radius 1 is 1.00 bits per heavy atom. The summed E-state index contributed by atoms with van der Waals surface area (Å²) in [5.41, 5.74) is 2.51. The number of sulfonamides is 1. The molecule has 2 aromatic carbocycles. The Labute approximate surface area is 196 Å². The van der Waals surface area contributed by atoms with Crippen molar-refractivity contribution in [3.63, 3.8) is 0 Å². The molecule has 0 aromatic heterocycles. The number of rotatable bonds is 8. The van der Waals surface area contributed by atoms with Crippen LogP contribution in [0.2, 0.25) is 0 Å². The maximum Gasteiger partial charge on any atom is 0.261 e. The van der Waals surface area contributed by atoms with Crippen LogP contribution in [-0.2, 0) is 14.8 Å². The van der Waals surface area contributed by atoms with Crippen LogP contribution in [-0.4, -0.2) is 69.3 Å². The van der Waals surface area contributed by atoms with Crippen molar-refractivity contribution in [2.75, 3.05) is 44.0 Å². The van der Waals surface area contributed by atoms with Gasteiger partial charge in [0.05, 0.1) is 11.4 Å². The SMILES string of the molecule is CCCNC(=O)CN1CCN(C(=O)c2cc(S(=O)(=O)Nc3cccc(C)c3)ccc2C)CC1. The minimum Gasteiger partial charge on any atom is -0.355 e. The molecule has 2 N–H and O–H groups in total. The lowest BCUT2D eigenvalue weighted by Gasteiger charge is -2.34. The number of amides is 2. The number of hydrogen-bond donors (Lipinski definition) is 2. The van der Waals surface area contributed by atoms with Gasteiger partial charge in [-0.1, -0.05) is 25.1 Å². The molecule has 1 fully saturated rings. The Morgan fingerprint density at radius 3 is 2.39 bits per heavy atom. The Kier molecular flexibility index (Phi) is 8.10. The number of anilines is 1. The van der Waals surface area contributed by atoms with Crippen molar-refractivity contribution in [2.45, 2.75) is 32.1 Å². The molecule has 1 saturated heterocycles. The zero-order chi connectivity index (χ0) is 24.0. The number of carbonyl (C=O) groups excluding carboxylic acids is 2. The molecule has 2 amide bonds. The van der Waals surface area contributed by atoms with E-state index >= 15 is 0 Å². The van der Waals surface area contributed by atoms with Crippen molar-refractivity contribution >= 4 is 27.5 Å². The first-order valence-corrected chi connectivity index (χ1v) is 12.7. The van der Waals surface area contributed by atoms with Crippen LogP contribution < -0.4 is 10.0 Å². The Morgan fingerprint density at radius 2 is 1.73 bits per heavy atom. The molecule has 33 heavy (non-hydrogen) atoms. The van der Waals surface area contributed by atoms with Crippen LogP contribution in [0.4, 0.5) is 5.69 Å². The van der Waals surface area contributed by atoms with Crippen molar-refractivity contribution in [3.05, 3.63) is 59.2 Å². The van der Waals surface area contributed by atoms with E-state index < -0.39 is 10.0 Å². The van der Waals surface area contributed by atoms with Gasteiger partial charge in [0.15, 0.2) is 0 Å². The quantitative estimate of drug-likeness (QED) is 0.615. The van der Waals surface area contributed by atoms with E-state index in [9.17, 15) is 18.0 Å². The topological polar surface area (TPSA) is 98.8 Å². The number of nitrogens with zero attached hydrogens (tertiary/aromatic N) is 2. The third-order valence-corrected chi connectivity index (χ3v) is 7.00. The summed E-state index contributed by atoms with van der Waals surface area (Å²) < 4.78 is 28.4. The molecule has 0 unspecified atom stereocenters. The summed E-state index contributed by atoms with van der Waals surface area (Å²) in [4.78, 5) is 28.9. The van der Waals surface area contributed by atoms with E-state index in [-0.39, 0.29) is 16.7 Å². The standard InChI is InChI=1S/C24H32N4O4S/c1-4-10-25-23(29)17-27-11-13-28(14-12-27)24(30)22-16-21(9-8-19(22)3)33(31,32)26-20-7-5-6-18(2)15-20/h5-9,15-16,26H,4,10-14,17H2,1-3H3,(H,25,29). The summed E-state index contributed by atoms with van der Waals surface area (Å²) in [5.74, 6) is -0.207. The highest BCUT2D eigenvalue weighted by Crippen LogP contribution is 2.21. The lowest BCUT2D eigenvalue weighted by atomic mass is 10.1. The van der Waals surface area contributed by atoms with E-state index in [2.05, 4.69) is 10.0 Å². The molecule has 0 spiro atoms. The third kappa shape index (κ3) is 6.55. The zero-order valence-corrected chi connectivity index (χ0v) is 20.2. The van der Waals surface area contributed by atoms with Gasteiger partial charge in [-0.15, -0.1) is 0 Å². The molecule has 8 nitrogen and oxygen atoms in total. The first-order valence-electron chi connectivity index (χ1n) is 11.2. The number of piperazine rings is 1. The first kappa shape index (κ1) is 24.7. The normalized spacial score (nSPS) is 14.7. The highest BCUT2D eigenvalue weighted by atomic mass is 32.2. The van der Waals surface area contributed by atoms with Crippen molar-refractivity contribution in [1.82, 2.24) is 15.1 Å². The molecule has 1 aliphatic rings. The smallest absolute Gasteiger partial charge is 0.261 e. The second-order valence-corrected chi connectivity index (χ2v) is 10.1. The van der Waals surface area contributed by atoms with Crippen molar-refractivity contribution in [2.24, 2.45) is 0 Å². The fraction of sp³-hybridized carbons (Fsp3) is 0.417. The van der Waals surface area contributed by atoms with E-state index in [1.165, 1.54) is 12.1 Å². The van der Waals surface area contributed by atoms with E-state index in [1.54, 1.807) is 36.1 Å². The minimum atomic E-state index is -3.84. The second kappa shape index (κ2) is 10.8. The summed E-state index contributed by atoms with van der Waals surface area (Å²) in [6, 6.07) is 11.7.